The van der Waals surface area contributed by atoms with Gasteiger partial charge in [-0.3, -0.25) is 5.10 Å². The normalized spacial score (nSPS) is 27.1. The molecule has 0 aromatic carbocycles. The molecule has 1 unspecified atom stereocenters. The lowest BCUT2D eigenvalue weighted by molar-refractivity contribution is 0.338. The number of hydrogen-bond donors (Lipinski definition) is 2. The molecule has 0 amide bonds. The number of H-pyrrole nitrogens is 1. The highest BCUT2D eigenvalue weighted by molar-refractivity contribution is 7.89. The van der Waals surface area contributed by atoms with Gasteiger partial charge in [-0.05, 0) is 38.6 Å². The van der Waals surface area contributed by atoms with E-state index in [9.17, 15) is 8.42 Å². The standard InChI is InChI=1S/C12H20N4O2S.ClH/c1-9-11(10(2)15-14-9)19(17,18)16-6-4-12(8-16)3-5-13-7-12;/h13H,3-8H2,1-2H3,(H,14,15);1H. The summed E-state index contributed by atoms with van der Waals surface area (Å²) in [5.41, 5.74) is 1.34. The molecule has 6 nitrogen and oxygen atoms in total. The highest BCUT2D eigenvalue weighted by atomic mass is 35.5. The van der Waals surface area contributed by atoms with Crippen molar-refractivity contribution in [2.24, 2.45) is 5.41 Å². The molecule has 1 spiro atoms. The monoisotopic (exact) mass is 320 g/mol. The van der Waals surface area contributed by atoms with E-state index in [0.717, 1.165) is 25.9 Å². The van der Waals surface area contributed by atoms with Gasteiger partial charge in [-0.2, -0.15) is 9.40 Å². The molecule has 3 rings (SSSR count). The molecule has 2 aliphatic rings. The van der Waals surface area contributed by atoms with Crippen molar-refractivity contribution in [3.63, 3.8) is 0 Å². The van der Waals surface area contributed by atoms with Crippen LogP contribution in [0.4, 0.5) is 0 Å². The average Bonchev–Trinajstić information content (AvgIpc) is 3.04. The summed E-state index contributed by atoms with van der Waals surface area (Å²) in [5.74, 6) is 0. The molecule has 0 aliphatic carbocycles. The second-order valence-corrected chi connectivity index (χ2v) is 7.65. The number of halogens is 1. The number of sulfonamides is 1. The van der Waals surface area contributed by atoms with Crippen LogP contribution in [0.1, 0.15) is 24.2 Å². The van der Waals surface area contributed by atoms with Crippen LogP contribution in [0.3, 0.4) is 0 Å². The second-order valence-electron chi connectivity index (χ2n) is 5.78. The molecular formula is C12H21ClN4O2S. The molecule has 2 fully saturated rings. The van der Waals surface area contributed by atoms with Gasteiger partial charge < -0.3 is 5.32 Å². The van der Waals surface area contributed by atoms with Crippen LogP contribution in [0.5, 0.6) is 0 Å². The first-order chi connectivity index (χ1) is 8.95. The van der Waals surface area contributed by atoms with Gasteiger partial charge in [-0.25, -0.2) is 8.42 Å². The summed E-state index contributed by atoms with van der Waals surface area (Å²) < 4.78 is 27.1. The molecule has 114 valence electrons. The fraction of sp³-hybridized carbons (Fsp3) is 0.750. The Hall–Kier alpha value is -0.630. The molecule has 2 aliphatic heterocycles. The van der Waals surface area contributed by atoms with Crippen molar-refractivity contribution >= 4 is 22.4 Å². The molecule has 2 saturated heterocycles. The molecule has 0 bridgehead atoms. The number of nitrogens with one attached hydrogen (secondary N) is 2. The Morgan fingerprint density at radius 3 is 2.60 bits per heavy atom. The smallest absolute Gasteiger partial charge is 0.246 e. The Morgan fingerprint density at radius 2 is 2.05 bits per heavy atom. The van der Waals surface area contributed by atoms with E-state index in [1.165, 1.54) is 0 Å². The Labute approximate surface area is 125 Å². The molecule has 1 aromatic heterocycles. The van der Waals surface area contributed by atoms with Gasteiger partial charge in [0.25, 0.3) is 0 Å². The Kier molecular flexibility index (Phi) is 4.17. The van der Waals surface area contributed by atoms with E-state index >= 15 is 0 Å². The van der Waals surface area contributed by atoms with Gasteiger partial charge in [0.1, 0.15) is 4.90 Å². The number of nitrogens with zero attached hydrogens (tertiary/aromatic N) is 2. The molecule has 2 N–H and O–H groups in total. The third kappa shape index (κ3) is 2.36. The largest absolute Gasteiger partial charge is 0.316 e. The van der Waals surface area contributed by atoms with Gasteiger partial charge in [0.15, 0.2) is 0 Å². The van der Waals surface area contributed by atoms with E-state index < -0.39 is 10.0 Å². The van der Waals surface area contributed by atoms with Crippen LogP contribution < -0.4 is 5.32 Å². The fourth-order valence-corrected chi connectivity index (χ4v) is 5.18. The molecule has 1 aromatic rings. The molecular weight excluding hydrogens is 300 g/mol. The third-order valence-electron chi connectivity index (χ3n) is 4.39. The first-order valence-corrected chi connectivity index (χ1v) is 8.11. The van der Waals surface area contributed by atoms with Gasteiger partial charge in [0.2, 0.25) is 10.0 Å². The summed E-state index contributed by atoms with van der Waals surface area (Å²) in [6.07, 6.45) is 2.03. The Bertz CT molecular complexity index is 573. The summed E-state index contributed by atoms with van der Waals surface area (Å²) in [6, 6.07) is 0. The van der Waals surface area contributed by atoms with Crippen LogP contribution in [0.2, 0.25) is 0 Å². The summed E-state index contributed by atoms with van der Waals surface area (Å²) in [6.45, 7) is 6.68. The van der Waals surface area contributed by atoms with E-state index in [1.807, 2.05) is 0 Å². The van der Waals surface area contributed by atoms with E-state index in [-0.39, 0.29) is 17.8 Å². The number of hydrogen-bond acceptors (Lipinski definition) is 4. The molecule has 8 heteroatoms. The maximum absolute atomic E-state index is 12.7. The van der Waals surface area contributed by atoms with E-state index in [1.54, 1.807) is 18.2 Å². The topological polar surface area (TPSA) is 78.1 Å². The molecule has 0 saturated carbocycles. The maximum Gasteiger partial charge on any atom is 0.246 e. The van der Waals surface area contributed by atoms with Crippen molar-refractivity contribution in [2.75, 3.05) is 26.2 Å². The summed E-state index contributed by atoms with van der Waals surface area (Å²) in [4.78, 5) is 0.357. The lowest BCUT2D eigenvalue weighted by Crippen LogP contribution is -2.33. The minimum atomic E-state index is -3.41. The minimum absolute atomic E-state index is 0. The number of aryl methyl sites for hydroxylation is 2. The quantitative estimate of drug-likeness (QED) is 0.846. The summed E-state index contributed by atoms with van der Waals surface area (Å²) >= 11 is 0. The van der Waals surface area contributed by atoms with Crippen molar-refractivity contribution in [3.8, 4) is 0 Å². The van der Waals surface area contributed by atoms with Crippen LogP contribution in [-0.4, -0.2) is 49.1 Å². The van der Waals surface area contributed by atoms with Crippen molar-refractivity contribution in [2.45, 2.75) is 31.6 Å². The summed E-state index contributed by atoms with van der Waals surface area (Å²) in [5, 5.41) is 10.1. The number of aromatic nitrogens is 2. The van der Waals surface area contributed by atoms with Crippen molar-refractivity contribution in [1.82, 2.24) is 19.8 Å². The van der Waals surface area contributed by atoms with E-state index in [4.69, 9.17) is 0 Å². The zero-order valence-electron chi connectivity index (χ0n) is 11.8. The number of rotatable bonds is 2. The van der Waals surface area contributed by atoms with Crippen molar-refractivity contribution in [3.05, 3.63) is 11.4 Å². The fourth-order valence-electron chi connectivity index (χ4n) is 3.29. The lowest BCUT2D eigenvalue weighted by Gasteiger charge is -2.22. The average molecular weight is 321 g/mol. The van der Waals surface area contributed by atoms with Crippen LogP contribution in [0.15, 0.2) is 4.90 Å². The first-order valence-electron chi connectivity index (χ1n) is 6.67. The van der Waals surface area contributed by atoms with Crippen molar-refractivity contribution < 1.29 is 8.42 Å². The Morgan fingerprint density at radius 1 is 1.30 bits per heavy atom. The SMILES string of the molecule is Cc1n[nH]c(C)c1S(=O)(=O)N1CCC2(CCNC2)C1.Cl. The van der Waals surface area contributed by atoms with Crippen molar-refractivity contribution in [1.29, 1.82) is 0 Å². The van der Waals surface area contributed by atoms with Gasteiger partial charge >= 0.3 is 0 Å². The van der Waals surface area contributed by atoms with E-state index in [2.05, 4.69) is 15.5 Å². The predicted molar refractivity (Wildman–Crippen MR) is 78.6 cm³/mol. The highest BCUT2D eigenvalue weighted by Crippen LogP contribution is 2.38. The van der Waals surface area contributed by atoms with Gasteiger partial charge in [0.05, 0.1) is 11.4 Å². The zero-order valence-corrected chi connectivity index (χ0v) is 13.4. The van der Waals surface area contributed by atoms with Gasteiger partial charge in [0, 0.05) is 19.6 Å². The van der Waals surface area contributed by atoms with Gasteiger partial charge in [-0.15, -0.1) is 12.4 Å². The molecule has 0 radical (unpaired) electrons. The second kappa shape index (κ2) is 5.29. The minimum Gasteiger partial charge on any atom is -0.316 e. The Balaban J connectivity index is 0.00000147. The van der Waals surface area contributed by atoms with Crippen LogP contribution in [-0.2, 0) is 10.0 Å². The molecule has 3 heterocycles. The first kappa shape index (κ1) is 15.8. The predicted octanol–water partition coefficient (Wildman–Crippen LogP) is 0.822. The molecule has 20 heavy (non-hydrogen) atoms. The zero-order chi connectivity index (χ0) is 13.7. The number of aromatic amines is 1. The van der Waals surface area contributed by atoms with Crippen LogP contribution in [0, 0.1) is 19.3 Å². The lowest BCUT2D eigenvalue weighted by atomic mass is 9.87. The van der Waals surface area contributed by atoms with Crippen LogP contribution >= 0.6 is 12.4 Å². The molecule has 1 atom stereocenters. The summed E-state index contributed by atoms with van der Waals surface area (Å²) in [7, 11) is -3.41. The van der Waals surface area contributed by atoms with E-state index in [0.29, 0.717) is 29.4 Å². The third-order valence-corrected chi connectivity index (χ3v) is 6.50. The van der Waals surface area contributed by atoms with Crippen LogP contribution in [0.25, 0.3) is 0 Å². The maximum atomic E-state index is 12.7. The highest BCUT2D eigenvalue weighted by Gasteiger charge is 2.45. The van der Waals surface area contributed by atoms with Gasteiger partial charge in [-0.1, -0.05) is 0 Å².